The third-order valence-electron chi connectivity index (χ3n) is 7.40. The van der Waals surface area contributed by atoms with Crippen LogP contribution in [0.1, 0.15) is 63.6 Å². The molecule has 1 atom stereocenters. The molecule has 29 heavy (non-hydrogen) atoms. The molecule has 1 aliphatic heterocycles. The lowest BCUT2D eigenvalue weighted by Crippen LogP contribution is -2.41. The van der Waals surface area contributed by atoms with Crippen LogP contribution in [0, 0.1) is 5.92 Å². The van der Waals surface area contributed by atoms with Crippen LogP contribution in [0.5, 0.6) is 0 Å². The normalized spacial score (nSPS) is 21.3. The Bertz CT molecular complexity index is 773. The van der Waals surface area contributed by atoms with E-state index >= 15 is 0 Å². The molecule has 1 fully saturated rings. The number of rotatable bonds is 7. The summed E-state index contributed by atoms with van der Waals surface area (Å²) in [6.45, 7) is 8.68. The lowest BCUT2D eigenvalue weighted by Gasteiger charge is -2.32. The van der Waals surface area contributed by atoms with E-state index in [2.05, 4.69) is 82.3 Å². The summed E-state index contributed by atoms with van der Waals surface area (Å²) in [4.78, 5) is 0. The lowest BCUT2D eigenvalue weighted by atomic mass is 9.61. The van der Waals surface area contributed by atoms with Gasteiger partial charge in [-0.25, -0.2) is 0 Å². The molecular formula is C26H35BO2. The third-order valence-corrected chi connectivity index (χ3v) is 7.40. The van der Waals surface area contributed by atoms with Crippen LogP contribution in [-0.4, -0.2) is 18.3 Å². The largest absolute Gasteiger partial charge is 0.461 e. The quantitative estimate of drug-likeness (QED) is 0.409. The molecular weight excluding hydrogens is 355 g/mol. The van der Waals surface area contributed by atoms with Gasteiger partial charge in [0.1, 0.15) is 0 Å². The first-order valence-electron chi connectivity index (χ1n) is 11.3. The highest BCUT2D eigenvalue weighted by Crippen LogP contribution is 2.46. The fourth-order valence-electron chi connectivity index (χ4n) is 4.91. The van der Waals surface area contributed by atoms with Gasteiger partial charge in [-0.15, -0.1) is 0 Å². The Hall–Kier alpha value is -1.58. The predicted molar refractivity (Wildman–Crippen MR) is 121 cm³/mol. The fraction of sp³-hybridized carbons (Fsp3) is 0.538. The number of fused-ring (bicyclic) bond motifs is 1. The van der Waals surface area contributed by atoms with Gasteiger partial charge in [0.15, 0.2) is 0 Å². The smallest absolute Gasteiger partial charge is 0.403 e. The Balaban J connectivity index is 1.43. The van der Waals surface area contributed by atoms with Crippen molar-refractivity contribution in [2.75, 3.05) is 0 Å². The van der Waals surface area contributed by atoms with Gasteiger partial charge >= 0.3 is 7.12 Å². The van der Waals surface area contributed by atoms with Crippen molar-refractivity contribution in [3.63, 3.8) is 0 Å². The first-order chi connectivity index (χ1) is 13.9. The lowest BCUT2D eigenvalue weighted by molar-refractivity contribution is 0.00578. The van der Waals surface area contributed by atoms with E-state index in [1.54, 1.807) is 0 Å². The molecule has 0 radical (unpaired) electrons. The van der Waals surface area contributed by atoms with Crippen LogP contribution >= 0.6 is 0 Å². The summed E-state index contributed by atoms with van der Waals surface area (Å²) in [6.07, 6.45) is 7.08. The monoisotopic (exact) mass is 390 g/mol. The predicted octanol–water partition coefficient (Wildman–Crippen LogP) is 6.28. The SMILES string of the molecule is CC1(C)OB([C@@H](CCCCc2ccccc2)C2Cc3ccccc3C2)OC1(C)C. The molecule has 0 bridgehead atoms. The summed E-state index contributed by atoms with van der Waals surface area (Å²) in [5.41, 5.74) is 3.95. The second kappa shape index (κ2) is 8.28. The maximum atomic E-state index is 6.53. The fourth-order valence-corrected chi connectivity index (χ4v) is 4.91. The Kier molecular flexibility index (Phi) is 5.91. The molecule has 0 amide bonds. The highest BCUT2D eigenvalue weighted by molar-refractivity contribution is 6.47. The van der Waals surface area contributed by atoms with E-state index in [0.717, 1.165) is 19.3 Å². The zero-order valence-electron chi connectivity index (χ0n) is 18.5. The van der Waals surface area contributed by atoms with Gasteiger partial charge < -0.3 is 9.31 Å². The molecule has 4 rings (SSSR count). The van der Waals surface area contributed by atoms with Crippen LogP contribution in [-0.2, 0) is 28.6 Å². The van der Waals surface area contributed by atoms with E-state index in [4.69, 9.17) is 9.31 Å². The highest BCUT2D eigenvalue weighted by atomic mass is 16.7. The molecule has 0 N–H and O–H groups in total. The van der Waals surface area contributed by atoms with Crippen molar-refractivity contribution in [1.29, 1.82) is 0 Å². The molecule has 154 valence electrons. The minimum Gasteiger partial charge on any atom is -0.403 e. The number of hydrogen-bond donors (Lipinski definition) is 0. The summed E-state index contributed by atoms with van der Waals surface area (Å²) >= 11 is 0. The van der Waals surface area contributed by atoms with E-state index in [0.29, 0.717) is 11.7 Å². The van der Waals surface area contributed by atoms with Gasteiger partial charge in [-0.2, -0.15) is 0 Å². The van der Waals surface area contributed by atoms with E-state index in [9.17, 15) is 0 Å². The highest BCUT2D eigenvalue weighted by Gasteiger charge is 2.55. The van der Waals surface area contributed by atoms with Crippen LogP contribution in [0.3, 0.4) is 0 Å². The summed E-state index contributed by atoms with van der Waals surface area (Å²) in [7, 11) is -0.101. The van der Waals surface area contributed by atoms with Crippen molar-refractivity contribution in [2.45, 2.75) is 83.2 Å². The van der Waals surface area contributed by atoms with Crippen molar-refractivity contribution in [2.24, 2.45) is 5.92 Å². The summed E-state index contributed by atoms with van der Waals surface area (Å²) in [5.74, 6) is 1.05. The van der Waals surface area contributed by atoms with Crippen LogP contribution in [0.2, 0.25) is 5.82 Å². The second-order valence-electron chi connectivity index (χ2n) is 9.96. The minimum atomic E-state index is -0.259. The molecule has 1 saturated heterocycles. The van der Waals surface area contributed by atoms with Crippen molar-refractivity contribution >= 4 is 7.12 Å². The summed E-state index contributed by atoms with van der Waals surface area (Å²) in [5, 5.41) is 0. The first-order valence-corrected chi connectivity index (χ1v) is 11.3. The second-order valence-corrected chi connectivity index (χ2v) is 9.96. The molecule has 0 aromatic heterocycles. The Labute approximate surface area is 177 Å². The van der Waals surface area contributed by atoms with E-state index in [-0.39, 0.29) is 18.3 Å². The molecule has 1 heterocycles. The average molecular weight is 390 g/mol. The zero-order chi connectivity index (χ0) is 20.5. The third kappa shape index (κ3) is 4.46. The Morgan fingerprint density at radius 1 is 0.828 bits per heavy atom. The summed E-state index contributed by atoms with van der Waals surface area (Å²) < 4.78 is 13.1. The van der Waals surface area contributed by atoms with E-state index in [1.165, 1.54) is 36.0 Å². The topological polar surface area (TPSA) is 18.5 Å². The van der Waals surface area contributed by atoms with Gasteiger partial charge in [-0.3, -0.25) is 0 Å². The van der Waals surface area contributed by atoms with Crippen LogP contribution < -0.4 is 0 Å². The van der Waals surface area contributed by atoms with Crippen LogP contribution in [0.25, 0.3) is 0 Å². The van der Waals surface area contributed by atoms with Crippen molar-refractivity contribution < 1.29 is 9.31 Å². The Morgan fingerprint density at radius 2 is 1.38 bits per heavy atom. The number of unbranched alkanes of at least 4 members (excludes halogenated alkanes) is 1. The number of aryl methyl sites for hydroxylation is 1. The number of hydrogen-bond acceptors (Lipinski definition) is 2. The molecule has 2 aromatic carbocycles. The van der Waals surface area contributed by atoms with Crippen molar-refractivity contribution in [3.05, 3.63) is 71.3 Å². The summed E-state index contributed by atoms with van der Waals surface area (Å²) in [6, 6.07) is 19.8. The molecule has 2 aromatic rings. The van der Waals surface area contributed by atoms with Crippen molar-refractivity contribution in [1.82, 2.24) is 0 Å². The average Bonchev–Trinajstić information content (AvgIpc) is 3.20. The van der Waals surface area contributed by atoms with Gasteiger partial charge in [0.2, 0.25) is 0 Å². The van der Waals surface area contributed by atoms with Gasteiger partial charge in [-0.1, -0.05) is 67.4 Å². The minimum absolute atomic E-state index is 0.101. The first kappa shape index (κ1) is 20.7. The van der Waals surface area contributed by atoms with Crippen LogP contribution in [0.15, 0.2) is 54.6 Å². The zero-order valence-corrected chi connectivity index (χ0v) is 18.5. The van der Waals surface area contributed by atoms with E-state index in [1.807, 2.05) is 0 Å². The molecule has 2 nitrogen and oxygen atoms in total. The maximum Gasteiger partial charge on any atom is 0.461 e. The van der Waals surface area contributed by atoms with Gasteiger partial charge in [0, 0.05) is 0 Å². The maximum absolute atomic E-state index is 6.53. The van der Waals surface area contributed by atoms with Gasteiger partial charge in [0.05, 0.1) is 11.2 Å². The number of benzene rings is 2. The molecule has 3 heteroatoms. The Morgan fingerprint density at radius 3 is 1.97 bits per heavy atom. The van der Waals surface area contributed by atoms with E-state index < -0.39 is 0 Å². The van der Waals surface area contributed by atoms with Gasteiger partial charge in [-0.05, 0) is 81.8 Å². The molecule has 0 saturated carbocycles. The molecule has 1 aliphatic carbocycles. The molecule has 2 aliphatic rings. The molecule has 0 spiro atoms. The standard InChI is InChI=1S/C26H35BO2/c1-25(2)26(3,4)29-27(28-25)24(17-11-8-14-20-12-6-5-7-13-20)23-18-21-15-9-10-16-22(21)19-23/h5-7,9-10,12-13,15-16,23-24H,8,11,14,17-19H2,1-4H3/t24-/m0/s1. The van der Waals surface area contributed by atoms with Gasteiger partial charge in [0.25, 0.3) is 0 Å². The van der Waals surface area contributed by atoms with Crippen LogP contribution in [0.4, 0.5) is 0 Å². The van der Waals surface area contributed by atoms with Crippen molar-refractivity contribution in [3.8, 4) is 0 Å². The molecule has 0 unspecified atom stereocenters.